The lowest BCUT2D eigenvalue weighted by Gasteiger charge is -1.99. The summed E-state index contributed by atoms with van der Waals surface area (Å²) < 4.78 is 0. The van der Waals surface area contributed by atoms with Gasteiger partial charge >= 0.3 is 0 Å². The summed E-state index contributed by atoms with van der Waals surface area (Å²) in [6.07, 6.45) is 3.14. The molecule has 0 fully saturated rings. The number of anilines is 1. The fourth-order valence-electron chi connectivity index (χ4n) is 1.28. The molecule has 74 valence electrons. The van der Waals surface area contributed by atoms with Crippen LogP contribution in [0.2, 0.25) is 0 Å². The minimum atomic E-state index is 0.502. The summed E-state index contributed by atoms with van der Waals surface area (Å²) in [5.74, 6) is 1.34. The summed E-state index contributed by atoms with van der Waals surface area (Å²) in [5, 5.41) is 0. The van der Waals surface area contributed by atoms with E-state index in [-0.39, 0.29) is 0 Å². The summed E-state index contributed by atoms with van der Waals surface area (Å²) in [5.41, 5.74) is 8.25. The number of nitrogens with two attached hydrogens (primary N) is 1. The zero-order chi connectivity index (χ0) is 9.97. The van der Waals surface area contributed by atoms with E-state index in [1.165, 1.54) is 11.3 Å². The summed E-state index contributed by atoms with van der Waals surface area (Å²) in [6, 6.07) is 0. The van der Waals surface area contributed by atoms with E-state index >= 15 is 0 Å². The zero-order valence-corrected chi connectivity index (χ0v) is 8.84. The van der Waals surface area contributed by atoms with Crippen molar-refractivity contribution in [2.75, 3.05) is 5.73 Å². The molecule has 5 heteroatoms. The first-order chi connectivity index (χ1) is 6.81. The van der Waals surface area contributed by atoms with E-state index < -0.39 is 0 Å². The van der Waals surface area contributed by atoms with Crippen LogP contribution in [0.3, 0.4) is 0 Å². The van der Waals surface area contributed by atoms with Crippen LogP contribution in [0.5, 0.6) is 0 Å². The van der Waals surface area contributed by atoms with Gasteiger partial charge in [0.25, 0.3) is 0 Å². The molecule has 0 unspecified atom stereocenters. The molecule has 0 aromatic carbocycles. The van der Waals surface area contributed by atoms with E-state index in [1.807, 2.05) is 0 Å². The molecule has 0 spiro atoms. The largest absolute Gasteiger partial charge is 0.382 e. The van der Waals surface area contributed by atoms with Gasteiger partial charge in [-0.2, -0.15) is 0 Å². The number of aryl methyl sites for hydroxylation is 1. The molecule has 0 amide bonds. The number of hydrogen-bond acceptors (Lipinski definition) is 5. The number of thiazole rings is 1. The van der Waals surface area contributed by atoms with Gasteiger partial charge in [-0.1, -0.05) is 13.3 Å². The molecular weight excluding hydrogens is 196 g/mol. The maximum atomic E-state index is 5.77. The second-order valence-electron chi connectivity index (χ2n) is 3.13. The van der Waals surface area contributed by atoms with Crippen molar-refractivity contribution in [3.63, 3.8) is 0 Å². The topological polar surface area (TPSA) is 64.7 Å². The van der Waals surface area contributed by atoms with Crippen molar-refractivity contribution >= 4 is 27.5 Å². The smallest absolute Gasteiger partial charge is 0.154 e. The maximum Gasteiger partial charge on any atom is 0.154 e. The lowest BCUT2D eigenvalue weighted by atomic mass is 10.2. The summed E-state index contributed by atoms with van der Waals surface area (Å²) in [7, 11) is 0. The number of nitrogens with zero attached hydrogens (tertiary/aromatic N) is 3. The SMILES string of the molecule is CCCCc1nc(N)c2ncsc2n1. The second kappa shape index (κ2) is 3.88. The van der Waals surface area contributed by atoms with E-state index in [0.29, 0.717) is 5.82 Å². The summed E-state index contributed by atoms with van der Waals surface area (Å²) in [6.45, 7) is 2.15. The van der Waals surface area contributed by atoms with Gasteiger partial charge in [0.2, 0.25) is 0 Å². The number of aromatic nitrogens is 3. The molecule has 0 saturated carbocycles. The molecule has 2 N–H and O–H groups in total. The Morgan fingerprint density at radius 1 is 1.43 bits per heavy atom. The normalized spacial score (nSPS) is 10.9. The first kappa shape index (κ1) is 9.33. The Hall–Kier alpha value is -1.23. The average molecular weight is 208 g/mol. The molecule has 0 aliphatic heterocycles. The highest BCUT2D eigenvalue weighted by Gasteiger charge is 2.06. The summed E-state index contributed by atoms with van der Waals surface area (Å²) >= 11 is 1.51. The molecule has 2 aromatic heterocycles. The van der Waals surface area contributed by atoms with Crippen LogP contribution < -0.4 is 5.73 Å². The monoisotopic (exact) mass is 208 g/mol. The van der Waals surface area contributed by atoms with E-state index in [1.54, 1.807) is 5.51 Å². The van der Waals surface area contributed by atoms with Crippen molar-refractivity contribution < 1.29 is 0 Å². The standard InChI is InChI=1S/C9H12N4S/c1-2-3-4-6-12-8(10)7-9(13-6)14-5-11-7/h5H,2-4H2,1H3,(H2,10,12,13). The third-order valence-corrected chi connectivity index (χ3v) is 2.74. The highest BCUT2D eigenvalue weighted by atomic mass is 32.1. The third kappa shape index (κ3) is 1.68. The predicted molar refractivity (Wildman–Crippen MR) is 58.2 cm³/mol. The Labute approximate surface area is 86.2 Å². The van der Waals surface area contributed by atoms with Crippen molar-refractivity contribution in [2.24, 2.45) is 0 Å². The van der Waals surface area contributed by atoms with Gasteiger partial charge in [0, 0.05) is 6.42 Å². The number of nitrogen functional groups attached to an aromatic ring is 1. The van der Waals surface area contributed by atoms with Crippen LogP contribution in [0, 0.1) is 0 Å². The highest BCUT2D eigenvalue weighted by Crippen LogP contribution is 2.20. The minimum absolute atomic E-state index is 0.502. The van der Waals surface area contributed by atoms with E-state index in [4.69, 9.17) is 5.73 Å². The van der Waals surface area contributed by atoms with Crippen LogP contribution in [-0.4, -0.2) is 15.0 Å². The number of fused-ring (bicyclic) bond motifs is 1. The first-order valence-corrected chi connectivity index (χ1v) is 5.55. The van der Waals surface area contributed by atoms with Crippen LogP contribution in [0.1, 0.15) is 25.6 Å². The van der Waals surface area contributed by atoms with E-state index in [2.05, 4.69) is 21.9 Å². The van der Waals surface area contributed by atoms with Crippen LogP contribution in [-0.2, 0) is 6.42 Å². The molecule has 2 heterocycles. The fourth-order valence-corrected chi connectivity index (χ4v) is 1.96. The van der Waals surface area contributed by atoms with Crippen molar-refractivity contribution in [2.45, 2.75) is 26.2 Å². The Kier molecular flexibility index (Phi) is 2.58. The maximum absolute atomic E-state index is 5.77. The molecule has 0 saturated heterocycles. The predicted octanol–water partition coefficient (Wildman–Crippen LogP) is 2.01. The molecule has 0 radical (unpaired) electrons. The minimum Gasteiger partial charge on any atom is -0.382 e. The molecule has 0 bridgehead atoms. The van der Waals surface area contributed by atoms with Gasteiger partial charge in [0.15, 0.2) is 5.82 Å². The quantitative estimate of drug-likeness (QED) is 0.838. The molecule has 2 rings (SSSR count). The number of unbranched alkanes of at least 4 members (excludes halogenated alkanes) is 1. The lowest BCUT2D eigenvalue weighted by Crippen LogP contribution is -2.00. The molecule has 4 nitrogen and oxygen atoms in total. The number of rotatable bonds is 3. The first-order valence-electron chi connectivity index (χ1n) is 4.67. The van der Waals surface area contributed by atoms with Crippen LogP contribution in [0.4, 0.5) is 5.82 Å². The zero-order valence-electron chi connectivity index (χ0n) is 8.03. The van der Waals surface area contributed by atoms with E-state index in [0.717, 1.165) is 35.4 Å². The Morgan fingerprint density at radius 3 is 3.07 bits per heavy atom. The summed E-state index contributed by atoms with van der Waals surface area (Å²) in [4.78, 5) is 13.6. The Balaban J connectivity index is 2.38. The van der Waals surface area contributed by atoms with Crippen LogP contribution >= 0.6 is 11.3 Å². The molecule has 0 atom stereocenters. The second-order valence-corrected chi connectivity index (χ2v) is 3.97. The highest BCUT2D eigenvalue weighted by molar-refractivity contribution is 7.16. The average Bonchev–Trinajstić information content (AvgIpc) is 2.63. The van der Waals surface area contributed by atoms with Crippen molar-refractivity contribution in [1.82, 2.24) is 15.0 Å². The Bertz CT molecular complexity index is 437. The molecule has 0 aliphatic carbocycles. The van der Waals surface area contributed by atoms with Gasteiger partial charge in [-0.3, -0.25) is 0 Å². The fraction of sp³-hybridized carbons (Fsp3) is 0.444. The van der Waals surface area contributed by atoms with Gasteiger partial charge in [-0.25, -0.2) is 15.0 Å². The van der Waals surface area contributed by atoms with Crippen molar-refractivity contribution in [1.29, 1.82) is 0 Å². The molecule has 2 aromatic rings. The van der Waals surface area contributed by atoms with Crippen LogP contribution in [0.25, 0.3) is 10.3 Å². The van der Waals surface area contributed by atoms with Gasteiger partial charge < -0.3 is 5.73 Å². The molecule has 0 aliphatic rings. The lowest BCUT2D eigenvalue weighted by molar-refractivity contribution is 0.758. The number of hydrogen-bond donors (Lipinski definition) is 1. The van der Waals surface area contributed by atoms with Gasteiger partial charge in [-0.05, 0) is 6.42 Å². The van der Waals surface area contributed by atoms with Gasteiger partial charge in [0.05, 0.1) is 5.51 Å². The Morgan fingerprint density at radius 2 is 2.29 bits per heavy atom. The van der Waals surface area contributed by atoms with Crippen LogP contribution in [0.15, 0.2) is 5.51 Å². The van der Waals surface area contributed by atoms with Gasteiger partial charge in [0.1, 0.15) is 16.2 Å². The molecule has 14 heavy (non-hydrogen) atoms. The molecular formula is C9H12N4S. The van der Waals surface area contributed by atoms with Gasteiger partial charge in [-0.15, -0.1) is 11.3 Å². The van der Waals surface area contributed by atoms with Crippen molar-refractivity contribution in [3.8, 4) is 0 Å². The van der Waals surface area contributed by atoms with E-state index in [9.17, 15) is 0 Å². The third-order valence-electron chi connectivity index (χ3n) is 2.03. The van der Waals surface area contributed by atoms with Crippen molar-refractivity contribution in [3.05, 3.63) is 11.3 Å².